The molecule has 2 aliphatic rings. The predicted octanol–water partition coefficient (Wildman–Crippen LogP) is 11.2. The van der Waals surface area contributed by atoms with E-state index in [0.717, 1.165) is 61.3 Å². The molecule has 0 radical (unpaired) electrons. The normalized spacial score (nSPS) is 13.4. The van der Waals surface area contributed by atoms with Crippen LogP contribution in [0.15, 0.2) is 168 Å². The monoisotopic (exact) mass is 653 g/mol. The van der Waals surface area contributed by atoms with Crippen molar-refractivity contribution >= 4 is 21.9 Å². The summed E-state index contributed by atoms with van der Waals surface area (Å²) in [6.45, 7) is 0. The average molecular weight is 654 g/mol. The number of rotatable bonds is 3. The van der Waals surface area contributed by atoms with Crippen LogP contribution in [0.2, 0.25) is 0 Å². The van der Waals surface area contributed by atoms with E-state index in [4.69, 9.17) is 24.1 Å². The Balaban J connectivity index is 1.15. The summed E-state index contributed by atoms with van der Waals surface area (Å²) in [5, 5.41) is 2.06. The molecule has 9 aromatic rings. The first-order chi connectivity index (χ1) is 25.3. The van der Waals surface area contributed by atoms with Crippen molar-refractivity contribution in [3.63, 3.8) is 0 Å². The maximum Gasteiger partial charge on any atom is 0.164 e. The van der Waals surface area contributed by atoms with E-state index in [1.165, 1.54) is 22.3 Å². The van der Waals surface area contributed by atoms with E-state index in [-0.39, 0.29) is 0 Å². The Hall–Kier alpha value is -6.85. The van der Waals surface area contributed by atoms with Crippen molar-refractivity contribution in [3.05, 3.63) is 186 Å². The molecule has 51 heavy (non-hydrogen) atoms. The van der Waals surface area contributed by atoms with Gasteiger partial charge in [-0.1, -0.05) is 121 Å². The second kappa shape index (κ2) is 10.6. The van der Waals surface area contributed by atoms with Crippen LogP contribution in [0.4, 0.5) is 0 Å². The van der Waals surface area contributed by atoms with Crippen molar-refractivity contribution in [2.24, 2.45) is 0 Å². The highest BCUT2D eigenvalue weighted by Gasteiger charge is 2.51. The van der Waals surface area contributed by atoms with Crippen LogP contribution < -0.4 is 4.74 Å². The summed E-state index contributed by atoms with van der Waals surface area (Å²) in [6, 6.07) is 56.5. The summed E-state index contributed by atoms with van der Waals surface area (Å²) in [5.74, 6) is 3.62. The number of aromatic nitrogens is 3. The molecule has 1 aliphatic carbocycles. The average Bonchev–Trinajstić information content (AvgIpc) is 3.70. The fourth-order valence-corrected chi connectivity index (χ4v) is 8.20. The number of hydrogen-bond acceptors (Lipinski definition) is 5. The molecule has 0 bridgehead atoms. The van der Waals surface area contributed by atoms with Crippen LogP contribution in [0, 0.1) is 0 Å². The Bertz CT molecular complexity index is 2740. The van der Waals surface area contributed by atoms with Gasteiger partial charge in [0.2, 0.25) is 0 Å². The zero-order valence-electron chi connectivity index (χ0n) is 27.2. The molecular formula is C46H27N3O2. The highest BCUT2D eigenvalue weighted by molar-refractivity contribution is 6.09. The van der Waals surface area contributed by atoms with Crippen LogP contribution >= 0.6 is 0 Å². The quantitative estimate of drug-likeness (QED) is 0.190. The summed E-state index contributed by atoms with van der Waals surface area (Å²) in [6.07, 6.45) is 0. The Labute approximate surface area is 293 Å². The summed E-state index contributed by atoms with van der Waals surface area (Å²) in [4.78, 5) is 14.9. The van der Waals surface area contributed by atoms with Gasteiger partial charge in [-0.2, -0.15) is 0 Å². The molecule has 0 fully saturated rings. The molecule has 1 aliphatic heterocycles. The SMILES string of the molecule is c1ccc(-c2nc(-c3ccccc3)nc(-c3ccc4oc5cc6c(cc5c4c3)-c3ccccc3C63c4ccccc4Oc4ccccc43)n2)cc1. The number of fused-ring (bicyclic) bond motifs is 12. The van der Waals surface area contributed by atoms with Crippen LogP contribution in [0.5, 0.6) is 11.5 Å². The molecule has 3 heterocycles. The van der Waals surface area contributed by atoms with Gasteiger partial charge in [-0.25, -0.2) is 15.0 Å². The fraction of sp³-hybridized carbons (Fsp3) is 0.0217. The molecule has 2 aromatic heterocycles. The van der Waals surface area contributed by atoms with Gasteiger partial charge in [0, 0.05) is 38.6 Å². The van der Waals surface area contributed by atoms with Crippen LogP contribution in [-0.2, 0) is 5.41 Å². The molecule has 5 nitrogen and oxygen atoms in total. The topological polar surface area (TPSA) is 61.0 Å². The first-order valence-corrected chi connectivity index (χ1v) is 17.1. The molecule has 0 saturated heterocycles. The van der Waals surface area contributed by atoms with E-state index >= 15 is 0 Å². The molecule has 7 aromatic carbocycles. The van der Waals surface area contributed by atoms with Gasteiger partial charge >= 0.3 is 0 Å². The largest absolute Gasteiger partial charge is 0.457 e. The summed E-state index contributed by atoms with van der Waals surface area (Å²) >= 11 is 0. The van der Waals surface area contributed by atoms with Crippen LogP contribution in [0.25, 0.3) is 67.2 Å². The van der Waals surface area contributed by atoms with Crippen molar-refractivity contribution < 1.29 is 9.15 Å². The molecule has 11 rings (SSSR count). The second-order valence-electron chi connectivity index (χ2n) is 13.1. The molecule has 0 amide bonds. The van der Waals surface area contributed by atoms with Crippen LogP contribution in [0.3, 0.4) is 0 Å². The zero-order valence-corrected chi connectivity index (χ0v) is 27.2. The van der Waals surface area contributed by atoms with Crippen molar-refractivity contribution in [2.45, 2.75) is 5.41 Å². The molecule has 1 spiro atoms. The number of nitrogens with zero attached hydrogens (tertiary/aromatic N) is 3. The molecule has 238 valence electrons. The number of furan rings is 1. The minimum Gasteiger partial charge on any atom is -0.457 e. The van der Waals surface area contributed by atoms with Gasteiger partial charge in [0.1, 0.15) is 22.7 Å². The van der Waals surface area contributed by atoms with E-state index in [1.54, 1.807) is 0 Å². The van der Waals surface area contributed by atoms with Crippen LogP contribution in [-0.4, -0.2) is 15.0 Å². The smallest absolute Gasteiger partial charge is 0.164 e. The van der Waals surface area contributed by atoms with E-state index < -0.39 is 5.41 Å². The minimum absolute atomic E-state index is 0.553. The van der Waals surface area contributed by atoms with Gasteiger partial charge in [0.05, 0.1) is 5.41 Å². The van der Waals surface area contributed by atoms with E-state index in [2.05, 4.69) is 78.9 Å². The van der Waals surface area contributed by atoms with Gasteiger partial charge in [-0.15, -0.1) is 0 Å². The lowest BCUT2D eigenvalue weighted by Gasteiger charge is -2.39. The molecule has 0 unspecified atom stereocenters. The van der Waals surface area contributed by atoms with Crippen molar-refractivity contribution in [1.82, 2.24) is 15.0 Å². The third kappa shape index (κ3) is 4.00. The van der Waals surface area contributed by atoms with Gasteiger partial charge in [-0.3, -0.25) is 0 Å². The third-order valence-corrected chi connectivity index (χ3v) is 10.4. The Morgan fingerprint density at radius 1 is 0.373 bits per heavy atom. The van der Waals surface area contributed by atoms with Gasteiger partial charge in [0.15, 0.2) is 17.5 Å². The highest BCUT2D eigenvalue weighted by Crippen LogP contribution is 2.62. The Morgan fingerprint density at radius 2 is 0.902 bits per heavy atom. The van der Waals surface area contributed by atoms with Gasteiger partial charge in [0.25, 0.3) is 0 Å². The predicted molar refractivity (Wildman–Crippen MR) is 201 cm³/mol. The van der Waals surface area contributed by atoms with E-state index in [9.17, 15) is 0 Å². The standard InChI is InChI=1S/C46H27N3O2/c1-3-13-28(14-4-1)43-47-44(29-15-5-2-6-16-29)49-45(48-43)30-23-24-39-33(25-30)34-26-32-31-17-7-8-18-35(31)46(38(32)27-42(34)50-39)36-19-9-11-21-40(36)51-41-22-12-10-20-37(41)46/h1-27H. The number of ether oxygens (including phenoxy) is 1. The van der Waals surface area contributed by atoms with E-state index in [0.29, 0.717) is 17.5 Å². The number of benzene rings is 7. The van der Waals surface area contributed by atoms with Crippen molar-refractivity contribution in [2.75, 3.05) is 0 Å². The van der Waals surface area contributed by atoms with Gasteiger partial charge < -0.3 is 9.15 Å². The molecule has 0 N–H and O–H groups in total. The van der Waals surface area contributed by atoms with Crippen molar-refractivity contribution in [3.8, 4) is 56.8 Å². The fourth-order valence-electron chi connectivity index (χ4n) is 8.20. The number of hydrogen-bond donors (Lipinski definition) is 0. The molecule has 0 atom stereocenters. The highest BCUT2D eigenvalue weighted by atomic mass is 16.5. The number of para-hydroxylation sites is 2. The maximum atomic E-state index is 6.68. The Morgan fingerprint density at radius 3 is 1.55 bits per heavy atom. The lowest BCUT2D eigenvalue weighted by molar-refractivity contribution is 0.436. The summed E-state index contributed by atoms with van der Waals surface area (Å²) < 4.78 is 13.2. The third-order valence-electron chi connectivity index (χ3n) is 10.4. The van der Waals surface area contributed by atoms with Gasteiger partial charge in [-0.05, 0) is 64.7 Å². The summed E-state index contributed by atoms with van der Waals surface area (Å²) in [5.41, 5.74) is 11.0. The lowest BCUT2D eigenvalue weighted by Crippen LogP contribution is -2.32. The van der Waals surface area contributed by atoms with Crippen LogP contribution in [0.1, 0.15) is 22.3 Å². The lowest BCUT2D eigenvalue weighted by atomic mass is 9.66. The maximum absolute atomic E-state index is 6.68. The van der Waals surface area contributed by atoms with Crippen molar-refractivity contribution in [1.29, 1.82) is 0 Å². The Kier molecular flexibility index (Phi) is 5.81. The zero-order chi connectivity index (χ0) is 33.5. The molecule has 5 heteroatoms. The second-order valence-corrected chi connectivity index (χ2v) is 13.1. The molecular weight excluding hydrogens is 627 g/mol. The minimum atomic E-state index is -0.553. The first kappa shape index (κ1) is 28.0. The molecule has 0 saturated carbocycles. The summed E-state index contributed by atoms with van der Waals surface area (Å²) in [7, 11) is 0. The van der Waals surface area contributed by atoms with E-state index in [1.807, 2.05) is 84.9 Å². The first-order valence-electron chi connectivity index (χ1n) is 17.1.